The summed E-state index contributed by atoms with van der Waals surface area (Å²) in [7, 11) is 0. The van der Waals surface area contributed by atoms with Crippen LogP contribution in [0.1, 0.15) is 38.5 Å². The number of carbonyl (C=O) groups is 1. The van der Waals surface area contributed by atoms with Gasteiger partial charge in [-0.25, -0.2) is 4.68 Å². The highest BCUT2D eigenvalue weighted by atomic mass is 16.2. The van der Waals surface area contributed by atoms with E-state index >= 15 is 0 Å². The molecule has 1 aromatic carbocycles. The Morgan fingerprint density at radius 2 is 2.03 bits per heavy atom. The maximum absolute atomic E-state index is 13.4. The second kappa shape index (κ2) is 7.59. The SMILES string of the molecule is O=C(Cn1ncc2ccccc2c1=O)N1CCCC2=CC3CC(CN4CCCC[C@H]34)[C@@H]21. The summed E-state index contributed by atoms with van der Waals surface area (Å²) >= 11 is 0. The van der Waals surface area contributed by atoms with E-state index < -0.39 is 0 Å². The van der Waals surface area contributed by atoms with Crippen molar-refractivity contribution in [3.8, 4) is 0 Å². The predicted molar refractivity (Wildman–Crippen MR) is 120 cm³/mol. The number of fused-ring (bicyclic) bond motifs is 7. The molecule has 6 rings (SSSR count). The average molecular weight is 419 g/mol. The number of likely N-dealkylation sites (tertiary alicyclic amines) is 1. The highest BCUT2D eigenvalue weighted by Crippen LogP contribution is 2.45. The van der Waals surface area contributed by atoms with E-state index in [2.05, 4.69) is 21.0 Å². The van der Waals surface area contributed by atoms with Crippen molar-refractivity contribution < 1.29 is 4.79 Å². The Kier molecular flexibility index (Phi) is 4.71. The van der Waals surface area contributed by atoms with Crippen LogP contribution in [0.2, 0.25) is 0 Å². The van der Waals surface area contributed by atoms with E-state index in [4.69, 9.17) is 0 Å². The third-order valence-corrected chi connectivity index (χ3v) is 8.02. The van der Waals surface area contributed by atoms with E-state index in [1.165, 1.54) is 42.5 Å². The molecular weight excluding hydrogens is 388 g/mol. The van der Waals surface area contributed by atoms with Crippen molar-refractivity contribution >= 4 is 16.7 Å². The van der Waals surface area contributed by atoms with Gasteiger partial charge in [0.25, 0.3) is 5.56 Å². The van der Waals surface area contributed by atoms with Gasteiger partial charge in [-0.2, -0.15) is 5.10 Å². The highest BCUT2D eigenvalue weighted by molar-refractivity contribution is 5.81. The van der Waals surface area contributed by atoms with Gasteiger partial charge in [-0.1, -0.05) is 36.3 Å². The molecule has 4 atom stereocenters. The summed E-state index contributed by atoms with van der Waals surface area (Å²) in [6.45, 7) is 3.13. The van der Waals surface area contributed by atoms with Crippen LogP contribution in [0, 0.1) is 11.8 Å². The first-order valence-corrected chi connectivity index (χ1v) is 11.9. The summed E-state index contributed by atoms with van der Waals surface area (Å²) < 4.78 is 1.34. The molecule has 6 heteroatoms. The fourth-order valence-electron chi connectivity index (χ4n) is 6.71. The largest absolute Gasteiger partial charge is 0.334 e. The molecule has 0 saturated carbocycles. The lowest BCUT2D eigenvalue weighted by atomic mass is 9.68. The molecule has 1 aliphatic carbocycles. The molecule has 3 aliphatic heterocycles. The molecule has 6 nitrogen and oxygen atoms in total. The Balaban J connectivity index is 1.28. The van der Waals surface area contributed by atoms with E-state index in [0.717, 1.165) is 31.3 Å². The Bertz CT molecular complexity index is 1110. The van der Waals surface area contributed by atoms with Gasteiger partial charge in [0.1, 0.15) is 6.54 Å². The lowest BCUT2D eigenvalue weighted by Gasteiger charge is -2.54. The van der Waals surface area contributed by atoms with E-state index in [1.807, 2.05) is 18.2 Å². The molecule has 1 amide bonds. The maximum Gasteiger partial charge on any atom is 0.275 e. The smallest absolute Gasteiger partial charge is 0.275 e. The van der Waals surface area contributed by atoms with Crippen LogP contribution in [-0.4, -0.2) is 57.2 Å². The topological polar surface area (TPSA) is 58.4 Å². The molecular formula is C25H30N4O2. The summed E-state index contributed by atoms with van der Waals surface area (Å²) in [5.41, 5.74) is 1.29. The van der Waals surface area contributed by atoms with E-state index in [-0.39, 0.29) is 24.1 Å². The monoisotopic (exact) mass is 418 g/mol. The molecule has 1 aromatic heterocycles. The number of benzene rings is 1. The second-order valence-electron chi connectivity index (χ2n) is 9.79. The van der Waals surface area contributed by atoms with Gasteiger partial charge in [-0.15, -0.1) is 0 Å². The molecule has 3 saturated heterocycles. The van der Waals surface area contributed by atoms with Crippen LogP contribution < -0.4 is 5.56 Å². The van der Waals surface area contributed by atoms with Gasteiger partial charge < -0.3 is 4.90 Å². The first-order valence-electron chi connectivity index (χ1n) is 11.9. The van der Waals surface area contributed by atoms with Gasteiger partial charge in [0.15, 0.2) is 0 Å². The number of piperidine rings is 3. The fourth-order valence-corrected chi connectivity index (χ4v) is 6.71. The van der Waals surface area contributed by atoms with Gasteiger partial charge in [0.2, 0.25) is 5.91 Å². The minimum atomic E-state index is -0.184. The number of rotatable bonds is 2. The maximum atomic E-state index is 13.4. The second-order valence-corrected chi connectivity index (χ2v) is 9.79. The molecule has 0 spiro atoms. The number of hydrogen-bond acceptors (Lipinski definition) is 4. The van der Waals surface area contributed by atoms with Crippen molar-refractivity contribution in [3.05, 3.63) is 52.5 Å². The standard InChI is InChI=1S/C25H30N4O2/c30-23(16-29-25(31)21-8-2-1-6-18(21)14-26-29)28-11-5-7-17-12-19-13-20(24(17)28)15-27-10-4-3-9-22(19)27/h1-2,6,8,12,14,19-20,22,24H,3-5,7,9-11,13,15-16H2/t19?,20?,22-,24-/m1/s1. The summed E-state index contributed by atoms with van der Waals surface area (Å²) in [6, 6.07) is 8.36. The Labute approximate surface area is 182 Å². The van der Waals surface area contributed by atoms with E-state index in [1.54, 1.807) is 12.3 Å². The predicted octanol–water partition coefficient (Wildman–Crippen LogP) is 2.82. The molecule has 3 fully saturated rings. The summed E-state index contributed by atoms with van der Waals surface area (Å²) in [6.07, 6.45) is 11.5. The lowest BCUT2D eigenvalue weighted by molar-refractivity contribution is -0.137. The van der Waals surface area contributed by atoms with Crippen LogP contribution in [0.4, 0.5) is 0 Å². The molecule has 0 radical (unpaired) electrons. The van der Waals surface area contributed by atoms with Crippen molar-refractivity contribution in [1.82, 2.24) is 19.6 Å². The molecule has 2 bridgehead atoms. The van der Waals surface area contributed by atoms with Crippen molar-refractivity contribution in [2.45, 2.75) is 57.2 Å². The van der Waals surface area contributed by atoms with Crippen LogP contribution >= 0.6 is 0 Å². The third kappa shape index (κ3) is 3.23. The lowest BCUT2D eigenvalue weighted by Crippen LogP contribution is -2.60. The molecule has 0 N–H and O–H groups in total. The zero-order chi connectivity index (χ0) is 20.9. The normalized spacial score (nSPS) is 30.5. The van der Waals surface area contributed by atoms with Crippen molar-refractivity contribution in [1.29, 1.82) is 0 Å². The number of hydrogen-bond donors (Lipinski definition) is 0. The zero-order valence-corrected chi connectivity index (χ0v) is 17.9. The number of aromatic nitrogens is 2. The van der Waals surface area contributed by atoms with Crippen LogP contribution in [0.3, 0.4) is 0 Å². The first-order chi connectivity index (χ1) is 15.2. The van der Waals surface area contributed by atoms with Crippen molar-refractivity contribution in [3.63, 3.8) is 0 Å². The molecule has 162 valence electrons. The van der Waals surface area contributed by atoms with E-state index in [0.29, 0.717) is 23.3 Å². The molecule has 4 aliphatic rings. The van der Waals surface area contributed by atoms with Crippen LogP contribution in [-0.2, 0) is 11.3 Å². The summed E-state index contributed by atoms with van der Waals surface area (Å²) in [5.74, 6) is 1.20. The van der Waals surface area contributed by atoms with E-state index in [9.17, 15) is 9.59 Å². The van der Waals surface area contributed by atoms with Crippen LogP contribution in [0.15, 0.2) is 46.9 Å². The molecule has 4 heterocycles. The molecule has 2 unspecified atom stereocenters. The van der Waals surface area contributed by atoms with Gasteiger partial charge in [-0.3, -0.25) is 14.5 Å². The van der Waals surface area contributed by atoms with Gasteiger partial charge in [-0.05, 0) is 56.6 Å². The van der Waals surface area contributed by atoms with Crippen molar-refractivity contribution in [2.24, 2.45) is 11.8 Å². The minimum Gasteiger partial charge on any atom is -0.334 e. The fraction of sp³-hybridized carbons (Fsp3) is 0.560. The Morgan fingerprint density at radius 3 is 2.97 bits per heavy atom. The van der Waals surface area contributed by atoms with Gasteiger partial charge in [0, 0.05) is 24.5 Å². The quantitative estimate of drug-likeness (QED) is 0.704. The Morgan fingerprint density at radius 1 is 1.13 bits per heavy atom. The van der Waals surface area contributed by atoms with Crippen molar-refractivity contribution in [2.75, 3.05) is 19.6 Å². The van der Waals surface area contributed by atoms with Crippen LogP contribution in [0.5, 0.6) is 0 Å². The number of amides is 1. The zero-order valence-electron chi connectivity index (χ0n) is 17.9. The Hall–Kier alpha value is -2.47. The number of nitrogens with zero attached hydrogens (tertiary/aromatic N) is 4. The first kappa shape index (κ1) is 19.2. The molecule has 2 aromatic rings. The summed E-state index contributed by atoms with van der Waals surface area (Å²) in [5, 5.41) is 5.73. The molecule has 31 heavy (non-hydrogen) atoms. The van der Waals surface area contributed by atoms with Gasteiger partial charge >= 0.3 is 0 Å². The average Bonchev–Trinajstić information content (AvgIpc) is 2.81. The van der Waals surface area contributed by atoms with Gasteiger partial charge in [0.05, 0.1) is 17.6 Å². The summed E-state index contributed by atoms with van der Waals surface area (Å²) in [4.78, 5) is 31.1. The number of carbonyl (C=O) groups excluding carboxylic acids is 1. The minimum absolute atomic E-state index is 0.0237. The highest BCUT2D eigenvalue weighted by Gasteiger charge is 2.46. The third-order valence-electron chi connectivity index (χ3n) is 8.02. The van der Waals surface area contributed by atoms with Crippen LogP contribution in [0.25, 0.3) is 10.8 Å².